The molecule has 1 atom stereocenters. The molecule has 2 heterocycles. The predicted molar refractivity (Wildman–Crippen MR) is 117 cm³/mol. The van der Waals surface area contributed by atoms with Gasteiger partial charge in [0.25, 0.3) is 0 Å². The number of hydrogen-bond donors (Lipinski definition) is 1. The summed E-state index contributed by atoms with van der Waals surface area (Å²) in [6, 6.07) is 17.1. The topological polar surface area (TPSA) is 45.3 Å². The van der Waals surface area contributed by atoms with Gasteiger partial charge in [0.05, 0.1) is 13.2 Å². The van der Waals surface area contributed by atoms with Crippen LogP contribution in [0, 0.1) is 0 Å². The maximum absolute atomic E-state index is 13.1. The summed E-state index contributed by atoms with van der Waals surface area (Å²) in [6.07, 6.45) is 2.54. The second-order valence-electron chi connectivity index (χ2n) is 8.91. The number of fused-ring (bicyclic) bond motifs is 1. The minimum atomic E-state index is 0.0236. The molecular weight excluding hydrogens is 360 g/mol. The maximum Gasteiger partial charge on any atom is 0.223 e. The number of nitrogens with zero attached hydrogens (tertiary/aromatic N) is 1. The lowest BCUT2D eigenvalue weighted by atomic mass is 9.83. The van der Waals surface area contributed by atoms with Crippen molar-refractivity contribution < 1.29 is 9.53 Å². The van der Waals surface area contributed by atoms with Crippen LogP contribution >= 0.6 is 0 Å². The molecule has 2 aromatic carbocycles. The fourth-order valence-corrected chi connectivity index (χ4v) is 4.12. The van der Waals surface area contributed by atoms with E-state index in [4.69, 9.17) is 4.74 Å². The quantitative estimate of drug-likeness (QED) is 0.692. The van der Waals surface area contributed by atoms with Crippen molar-refractivity contribution in [3.63, 3.8) is 0 Å². The lowest BCUT2D eigenvalue weighted by Crippen LogP contribution is -2.41. The number of hydrogen-bond acceptors (Lipinski definition) is 2. The first-order valence-corrected chi connectivity index (χ1v) is 10.5. The molecule has 3 aromatic rings. The van der Waals surface area contributed by atoms with Gasteiger partial charge in [-0.15, -0.1) is 0 Å². The first kappa shape index (κ1) is 19.7. The van der Waals surface area contributed by atoms with Crippen LogP contribution in [0.3, 0.4) is 0 Å². The van der Waals surface area contributed by atoms with E-state index in [0.717, 1.165) is 5.52 Å². The van der Waals surface area contributed by atoms with E-state index in [-0.39, 0.29) is 17.2 Å². The average Bonchev–Trinajstić information content (AvgIpc) is 3.16. The van der Waals surface area contributed by atoms with Crippen LogP contribution in [0.15, 0.2) is 54.7 Å². The Hall–Kier alpha value is -2.59. The van der Waals surface area contributed by atoms with Crippen molar-refractivity contribution in [2.24, 2.45) is 0 Å². The van der Waals surface area contributed by atoms with E-state index >= 15 is 0 Å². The van der Waals surface area contributed by atoms with Gasteiger partial charge in [0, 0.05) is 42.5 Å². The van der Waals surface area contributed by atoms with Gasteiger partial charge >= 0.3 is 0 Å². The minimum Gasteiger partial charge on any atom is -0.378 e. The van der Waals surface area contributed by atoms with Crippen LogP contribution in [-0.2, 0) is 14.9 Å². The summed E-state index contributed by atoms with van der Waals surface area (Å²) >= 11 is 0. The Morgan fingerprint density at radius 1 is 1.07 bits per heavy atom. The van der Waals surface area contributed by atoms with Gasteiger partial charge in [0.1, 0.15) is 0 Å². The van der Waals surface area contributed by atoms with Crippen molar-refractivity contribution in [2.75, 3.05) is 26.3 Å². The monoisotopic (exact) mass is 390 g/mol. The zero-order valence-corrected chi connectivity index (χ0v) is 17.6. The number of benzene rings is 2. The lowest BCUT2D eigenvalue weighted by Gasteiger charge is -2.29. The van der Waals surface area contributed by atoms with Gasteiger partial charge in [0.15, 0.2) is 0 Å². The van der Waals surface area contributed by atoms with Crippen molar-refractivity contribution in [1.82, 2.24) is 9.88 Å². The van der Waals surface area contributed by atoms with Gasteiger partial charge in [-0.1, -0.05) is 63.2 Å². The molecule has 4 rings (SSSR count). The number of H-pyrrole nitrogens is 1. The van der Waals surface area contributed by atoms with Crippen molar-refractivity contribution in [2.45, 2.75) is 38.5 Å². The predicted octanol–water partition coefficient (Wildman–Crippen LogP) is 4.85. The second kappa shape index (κ2) is 8.03. The third-order valence-electron chi connectivity index (χ3n) is 5.92. The van der Waals surface area contributed by atoms with Crippen LogP contribution in [0.1, 0.15) is 49.8 Å². The number of carbonyl (C=O) groups excluding carboxylic acids is 1. The molecule has 152 valence electrons. The summed E-state index contributed by atoms with van der Waals surface area (Å²) in [4.78, 5) is 18.4. The summed E-state index contributed by atoms with van der Waals surface area (Å²) in [5.74, 6) is 0.221. The normalized spacial score (nSPS) is 16.2. The van der Waals surface area contributed by atoms with Gasteiger partial charge < -0.3 is 14.6 Å². The zero-order chi connectivity index (χ0) is 20.4. The molecule has 0 bridgehead atoms. The fraction of sp³-hybridized carbons (Fsp3) is 0.400. The molecule has 4 heteroatoms. The minimum absolute atomic E-state index is 0.0236. The number of para-hydroxylation sites is 1. The van der Waals surface area contributed by atoms with Gasteiger partial charge in [-0.25, -0.2) is 0 Å². The summed E-state index contributed by atoms with van der Waals surface area (Å²) in [5.41, 5.74) is 4.89. The van der Waals surface area contributed by atoms with Crippen molar-refractivity contribution >= 4 is 16.8 Å². The third kappa shape index (κ3) is 4.23. The molecule has 1 aliphatic heterocycles. The number of carbonyl (C=O) groups is 1. The first-order valence-electron chi connectivity index (χ1n) is 10.5. The standard InChI is InChI=1S/C25H30N2O2/c1-25(2,3)19-10-8-18(9-11-19)21(16-24(28)27-12-14-29-15-13-27)22-17-26-23-7-5-4-6-20(22)23/h4-11,17,21,26H,12-16H2,1-3H3. The van der Waals surface area contributed by atoms with Crippen molar-refractivity contribution in [1.29, 1.82) is 0 Å². The second-order valence-corrected chi connectivity index (χ2v) is 8.91. The molecule has 1 fully saturated rings. The van der Waals surface area contributed by atoms with Crippen molar-refractivity contribution in [3.8, 4) is 0 Å². The summed E-state index contributed by atoms with van der Waals surface area (Å²) < 4.78 is 5.42. The number of rotatable bonds is 4. The Morgan fingerprint density at radius 2 is 1.76 bits per heavy atom. The molecule has 0 spiro atoms. The number of aromatic nitrogens is 1. The largest absolute Gasteiger partial charge is 0.378 e. The Bertz CT molecular complexity index is 976. The highest BCUT2D eigenvalue weighted by Crippen LogP contribution is 2.35. The molecule has 1 saturated heterocycles. The Kier molecular flexibility index (Phi) is 5.46. The van der Waals surface area contributed by atoms with Gasteiger partial charge in [-0.05, 0) is 28.2 Å². The highest BCUT2D eigenvalue weighted by Gasteiger charge is 2.26. The van der Waals surface area contributed by atoms with E-state index in [1.54, 1.807) is 0 Å². The molecule has 1 N–H and O–H groups in total. The fourth-order valence-electron chi connectivity index (χ4n) is 4.12. The van der Waals surface area contributed by atoms with Crippen LogP contribution in [0.2, 0.25) is 0 Å². The molecule has 1 amide bonds. The van der Waals surface area contributed by atoms with Gasteiger partial charge in [-0.2, -0.15) is 0 Å². The first-order chi connectivity index (χ1) is 13.9. The highest BCUT2D eigenvalue weighted by molar-refractivity contribution is 5.86. The number of aromatic amines is 1. The van der Waals surface area contributed by atoms with E-state index in [2.05, 4.69) is 74.4 Å². The van der Waals surface area contributed by atoms with Crippen LogP contribution in [0.5, 0.6) is 0 Å². The average molecular weight is 391 g/mol. The number of amides is 1. The number of ether oxygens (including phenoxy) is 1. The summed E-state index contributed by atoms with van der Waals surface area (Å²) in [6.45, 7) is 9.29. The highest BCUT2D eigenvalue weighted by atomic mass is 16.5. The lowest BCUT2D eigenvalue weighted by molar-refractivity contribution is -0.135. The number of nitrogens with one attached hydrogen (secondary N) is 1. The molecule has 4 nitrogen and oxygen atoms in total. The molecule has 0 saturated carbocycles. The summed E-state index contributed by atoms with van der Waals surface area (Å²) in [5, 5.41) is 1.19. The zero-order valence-electron chi connectivity index (χ0n) is 17.6. The molecule has 1 aromatic heterocycles. The van der Waals surface area contributed by atoms with Gasteiger partial charge in [0.2, 0.25) is 5.91 Å². The summed E-state index contributed by atoms with van der Waals surface area (Å²) in [7, 11) is 0. The van der Waals surface area contributed by atoms with Crippen LogP contribution in [0.4, 0.5) is 0 Å². The maximum atomic E-state index is 13.1. The molecule has 29 heavy (non-hydrogen) atoms. The van der Waals surface area contributed by atoms with Crippen LogP contribution in [0.25, 0.3) is 10.9 Å². The molecule has 0 radical (unpaired) electrons. The van der Waals surface area contributed by atoms with Crippen LogP contribution in [-0.4, -0.2) is 42.1 Å². The SMILES string of the molecule is CC(C)(C)c1ccc(C(CC(=O)N2CCOCC2)c2c[nH]c3ccccc23)cc1. The number of morpholine rings is 1. The molecule has 1 aliphatic rings. The molecular formula is C25H30N2O2. The van der Waals surface area contributed by atoms with E-state index in [9.17, 15) is 4.79 Å². The van der Waals surface area contributed by atoms with Crippen molar-refractivity contribution in [3.05, 3.63) is 71.4 Å². The van der Waals surface area contributed by atoms with Crippen LogP contribution < -0.4 is 0 Å². The van der Waals surface area contributed by atoms with Gasteiger partial charge in [-0.3, -0.25) is 4.79 Å². The van der Waals surface area contributed by atoms with E-state index in [1.807, 2.05) is 11.0 Å². The smallest absolute Gasteiger partial charge is 0.223 e. The molecule has 1 unspecified atom stereocenters. The Labute approximate surface area is 172 Å². The van der Waals surface area contributed by atoms with E-state index in [1.165, 1.54) is 22.1 Å². The van der Waals surface area contributed by atoms with E-state index in [0.29, 0.717) is 32.7 Å². The third-order valence-corrected chi connectivity index (χ3v) is 5.92. The Morgan fingerprint density at radius 3 is 2.45 bits per heavy atom. The van der Waals surface area contributed by atoms with E-state index < -0.39 is 0 Å². The molecule has 0 aliphatic carbocycles. The Balaban J connectivity index is 1.70.